The van der Waals surface area contributed by atoms with Gasteiger partial charge in [0.2, 0.25) is 15.9 Å². The number of aryl methyl sites for hydroxylation is 1. The van der Waals surface area contributed by atoms with Crippen LogP contribution in [0, 0.1) is 0 Å². The van der Waals surface area contributed by atoms with Crippen LogP contribution in [0.25, 0.3) is 10.8 Å². The summed E-state index contributed by atoms with van der Waals surface area (Å²) in [5, 5.41) is 7.98. The summed E-state index contributed by atoms with van der Waals surface area (Å²) in [5.74, 6) is 2.02. The number of benzene rings is 3. The smallest absolute Gasteiger partial charge is 0.243 e. The lowest BCUT2D eigenvalue weighted by Crippen LogP contribution is -2.58. The summed E-state index contributed by atoms with van der Waals surface area (Å²) in [6.07, 6.45) is 1.89. The van der Waals surface area contributed by atoms with E-state index in [4.69, 9.17) is 0 Å². The predicted octanol–water partition coefficient (Wildman–Crippen LogP) is 3.04. The Hall–Kier alpha value is -2.88. The molecule has 0 bridgehead atoms. The van der Waals surface area contributed by atoms with Crippen molar-refractivity contribution in [3.8, 4) is 0 Å². The molecule has 36 heavy (non-hydrogen) atoms. The van der Waals surface area contributed by atoms with Gasteiger partial charge in [0.25, 0.3) is 0 Å². The number of nitrogens with one attached hydrogen (secondary N) is 2. The molecule has 2 heterocycles. The molecular formula is C27H30N4O3S2. The first-order valence-corrected chi connectivity index (χ1v) is 14.9. The molecular weight excluding hydrogens is 492 g/mol. The van der Waals surface area contributed by atoms with Gasteiger partial charge in [0.15, 0.2) is 0 Å². The molecule has 7 nitrogen and oxygen atoms in total. The van der Waals surface area contributed by atoms with E-state index in [0.717, 1.165) is 53.9 Å². The normalized spacial score (nSPS) is 18.6. The standard InChI is InChI=1S/C27H30N4O3S2/c32-27-25(19-35-17-3-4-20-7-9-22(10-8-20)26-28-13-14-29-26)31(16-15-30-27)36(33,34)24-12-11-21-5-1-2-6-23(21)18-24/h1-2,5-12,18,25H,3-4,13-17,19H2,(H,28,29)(H,30,32)/t25-/m1/s1. The summed E-state index contributed by atoms with van der Waals surface area (Å²) in [5.41, 5.74) is 2.37. The van der Waals surface area contributed by atoms with Gasteiger partial charge < -0.3 is 10.6 Å². The average molecular weight is 523 g/mol. The van der Waals surface area contributed by atoms with Crippen LogP contribution in [0.2, 0.25) is 0 Å². The Morgan fingerprint density at radius 1 is 0.972 bits per heavy atom. The van der Waals surface area contributed by atoms with Crippen LogP contribution in [0.5, 0.6) is 0 Å². The minimum absolute atomic E-state index is 0.225. The molecule has 1 amide bonds. The molecule has 0 saturated carbocycles. The maximum atomic E-state index is 13.5. The number of nitrogens with zero attached hydrogens (tertiary/aromatic N) is 2. The largest absolute Gasteiger partial charge is 0.368 e. The van der Waals surface area contributed by atoms with E-state index < -0.39 is 16.1 Å². The van der Waals surface area contributed by atoms with E-state index in [9.17, 15) is 13.2 Å². The Labute approximate surface area is 216 Å². The maximum Gasteiger partial charge on any atom is 0.243 e. The van der Waals surface area contributed by atoms with Crippen molar-refractivity contribution < 1.29 is 13.2 Å². The van der Waals surface area contributed by atoms with Crippen LogP contribution in [0.3, 0.4) is 0 Å². The van der Waals surface area contributed by atoms with Crippen molar-refractivity contribution in [2.75, 3.05) is 37.7 Å². The van der Waals surface area contributed by atoms with E-state index in [0.29, 0.717) is 12.3 Å². The van der Waals surface area contributed by atoms with Crippen molar-refractivity contribution in [2.24, 2.45) is 4.99 Å². The molecule has 0 spiro atoms. The number of thioether (sulfide) groups is 1. The molecule has 2 aliphatic heterocycles. The van der Waals surface area contributed by atoms with Gasteiger partial charge in [0, 0.05) is 31.0 Å². The highest BCUT2D eigenvalue weighted by molar-refractivity contribution is 7.99. The predicted molar refractivity (Wildman–Crippen MR) is 146 cm³/mol. The lowest BCUT2D eigenvalue weighted by Gasteiger charge is -2.34. The third-order valence-corrected chi connectivity index (χ3v) is 9.57. The fourth-order valence-corrected chi connectivity index (χ4v) is 7.39. The van der Waals surface area contributed by atoms with Gasteiger partial charge in [0.1, 0.15) is 11.9 Å². The molecule has 3 aromatic rings. The lowest BCUT2D eigenvalue weighted by atomic mass is 10.1. The van der Waals surface area contributed by atoms with Crippen LogP contribution < -0.4 is 10.6 Å². The Morgan fingerprint density at radius 3 is 2.56 bits per heavy atom. The maximum absolute atomic E-state index is 13.5. The van der Waals surface area contributed by atoms with Crippen molar-refractivity contribution in [1.29, 1.82) is 0 Å². The van der Waals surface area contributed by atoms with E-state index in [-0.39, 0.29) is 17.3 Å². The van der Waals surface area contributed by atoms with Crippen LogP contribution >= 0.6 is 11.8 Å². The molecule has 1 fully saturated rings. The first-order chi connectivity index (χ1) is 17.5. The molecule has 2 aliphatic rings. The number of amidine groups is 1. The number of carbonyl (C=O) groups excluding carboxylic acids is 1. The van der Waals surface area contributed by atoms with Crippen LogP contribution in [-0.2, 0) is 21.2 Å². The fraction of sp³-hybridized carbons (Fsp3) is 0.333. The molecule has 9 heteroatoms. The molecule has 1 saturated heterocycles. The number of carbonyl (C=O) groups is 1. The molecule has 188 valence electrons. The number of aliphatic imine (C=N–C) groups is 1. The molecule has 0 radical (unpaired) electrons. The highest BCUT2D eigenvalue weighted by Gasteiger charge is 2.38. The van der Waals surface area contributed by atoms with Crippen molar-refractivity contribution in [3.05, 3.63) is 77.9 Å². The summed E-state index contributed by atoms with van der Waals surface area (Å²) in [6, 6.07) is 20.6. The second-order valence-electron chi connectivity index (χ2n) is 8.96. The van der Waals surface area contributed by atoms with Gasteiger partial charge in [-0.05, 0) is 47.1 Å². The third-order valence-electron chi connectivity index (χ3n) is 6.54. The molecule has 2 N–H and O–H groups in total. The molecule has 1 atom stereocenters. The Bertz CT molecular complexity index is 1370. The summed E-state index contributed by atoms with van der Waals surface area (Å²) in [7, 11) is -3.79. The number of sulfonamides is 1. The van der Waals surface area contributed by atoms with Crippen molar-refractivity contribution in [3.63, 3.8) is 0 Å². The Morgan fingerprint density at radius 2 is 1.78 bits per heavy atom. The first kappa shape index (κ1) is 24.8. The number of hydrogen-bond acceptors (Lipinski definition) is 6. The van der Waals surface area contributed by atoms with E-state index in [2.05, 4.69) is 39.9 Å². The molecule has 0 aliphatic carbocycles. The van der Waals surface area contributed by atoms with Gasteiger partial charge in [-0.1, -0.05) is 54.6 Å². The fourth-order valence-electron chi connectivity index (χ4n) is 4.60. The van der Waals surface area contributed by atoms with E-state index in [1.54, 1.807) is 23.9 Å². The SMILES string of the molecule is O=C1NCCN(S(=O)(=O)c2ccc3ccccc3c2)[C@@H]1CSCCCc1ccc(C2=NCCN2)cc1. The van der Waals surface area contributed by atoms with Crippen molar-refractivity contribution in [2.45, 2.75) is 23.8 Å². The zero-order valence-electron chi connectivity index (χ0n) is 20.0. The Balaban J connectivity index is 1.18. The second-order valence-corrected chi connectivity index (χ2v) is 12.0. The third kappa shape index (κ3) is 5.43. The minimum atomic E-state index is -3.79. The number of hydrogen-bond donors (Lipinski definition) is 2. The summed E-state index contributed by atoms with van der Waals surface area (Å²) in [6.45, 7) is 2.33. The molecule has 5 rings (SSSR count). The van der Waals surface area contributed by atoms with Crippen LogP contribution in [0.15, 0.2) is 76.6 Å². The minimum Gasteiger partial charge on any atom is -0.368 e. The van der Waals surface area contributed by atoms with E-state index >= 15 is 0 Å². The van der Waals surface area contributed by atoms with Gasteiger partial charge in [-0.25, -0.2) is 8.42 Å². The topological polar surface area (TPSA) is 90.9 Å². The van der Waals surface area contributed by atoms with Crippen LogP contribution in [0.1, 0.15) is 17.5 Å². The van der Waals surface area contributed by atoms with Gasteiger partial charge in [0.05, 0.1) is 11.4 Å². The highest BCUT2D eigenvalue weighted by atomic mass is 32.2. The molecule has 0 aromatic heterocycles. The number of fused-ring (bicyclic) bond motifs is 1. The highest BCUT2D eigenvalue weighted by Crippen LogP contribution is 2.25. The number of amides is 1. The van der Waals surface area contributed by atoms with Crippen molar-refractivity contribution >= 4 is 44.3 Å². The van der Waals surface area contributed by atoms with Crippen LogP contribution in [0.4, 0.5) is 0 Å². The zero-order chi connectivity index (χ0) is 25.0. The van der Waals surface area contributed by atoms with E-state index in [1.165, 1.54) is 9.87 Å². The van der Waals surface area contributed by atoms with E-state index in [1.807, 2.05) is 30.3 Å². The van der Waals surface area contributed by atoms with Crippen LogP contribution in [-0.4, -0.2) is 68.2 Å². The zero-order valence-corrected chi connectivity index (χ0v) is 21.7. The quantitative estimate of drug-likeness (QED) is 0.422. The number of piperazine rings is 1. The van der Waals surface area contributed by atoms with Gasteiger partial charge >= 0.3 is 0 Å². The average Bonchev–Trinajstić information content (AvgIpc) is 3.44. The van der Waals surface area contributed by atoms with Gasteiger partial charge in [-0.3, -0.25) is 9.79 Å². The molecule has 3 aromatic carbocycles. The summed E-state index contributed by atoms with van der Waals surface area (Å²) < 4.78 is 28.4. The first-order valence-electron chi connectivity index (χ1n) is 12.3. The second kappa shape index (κ2) is 11.0. The monoisotopic (exact) mass is 522 g/mol. The number of rotatable bonds is 9. The van der Waals surface area contributed by atoms with Gasteiger partial charge in [-0.2, -0.15) is 16.1 Å². The lowest BCUT2D eigenvalue weighted by molar-refractivity contribution is -0.125. The molecule has 0 unspecified atom stereocenters. The summed E-state index contributed by atoms with van der Waals surface area (Å²) >= 11 is 1.63. The van der Waals surface area contributed by atoms with Crippen molar-refractivity contribution in [1.82, 2.24) is 14.9 Å². The summed E-state index contributed by atoms with van der Waals surface area (Å²) in [4.78, 5) is 17.4. The van der Waals surface area contributed by atoms with Gasteiger partial charge in [-0.15, -0.1) is 0 Å². The Kier molecular flexibility index (Phi) is 7.59.